The van der Waals surface area contributed by atoms with E-state index in [-0.39, 0.29) is 16.9 Å². The van der Waals surface area contributed by atoms with E-state index in [1.807, 2.05) is 14.1 Å². The van der Waals surface area contributed by atoms with Crippen LogP contribution in [0.25, 0.3) is 0 Å². The van der Waals surface area contributed by atoms with Gasteiger partial charge in [0.25, 0.3) is 0 Å². The second-order valence-corrected chi connectivity index (χ2v) is 6.39. The molecule has 0 spiro atoms. The molecule has 3 N–H and O–H groups in total. The number of hydrogen-bond donors (Lipinski definition) is 2. The molecular formula is C13H27N3O. The summed E-state index contributed by atoms with van der Waals surface area (Å²) in [7, 11) is 4.05. The SMILES string of the molecule is CC1CC(CN)(C(=O)NCC(C)(C)N(C)C)C1. The molecule has 0 radical (unpaired) electrons. The van der Waals surface area contributed by atoms with E-state index < -0.39 is 0 Å². The Morgan fingerprint density at radius 1 is 1.47 bits per heavy atom. The average Bonchev–Trinajstić information content (AvgIpc) is 2.21. The highest BCUT2D eigenvalue weighted by Gasteiger charge is 2.47. The van der Waals surface area contributed by atoms with Crippen LogP contribution in [0.15, 0.2) is 0 Å². The number of hydrogen-bond acceptors (Lipinski definition) is 3. The zero-order valence-electron chi connectivity index (χ0n) is 11.8. The Morgan fingerprint density at radius 2 is 2.00 bits per heavy atom. The van der Waals surface area contributed by atoms with Crippen molar-refractivity contribution in [2.45, 2.75) is 39.2 Å². The molecule has 0 aromatic heterocycles. The Kier molecular flexibility index (Phi) is 4.20. The van der Waals surface area contributed by atoms with Crippen LogP contribution in [0, 0.1) is 11.3 Å². The molecule has 1 aliphatic rings. The van der Waals surface area contributed by atoms with Crippen molar-refractivity contribution >= 4 is 5.91 Å². The molecule has 1 fully saturated rings. The van der Waals surface area contributed by atoms with Crippen molar-refractivity contribution in [1.82, 2.24) is 10.2 Å². The highest BCUT2D eigenvalue weighted by Crippen LogP contribution is 2.44. The first-order chi connectivity index (χ1) is 7.73. The van der Waals surface area contributed by atoms with Gasteiger partial charge in [0, 0.05) is 18.6 Å². The lowest BCUT2D eigenvalue weighted by atomic mass is 9.62. The third kappa shape index (κ3) is 2.99. The van der Waals surface area contributed by atoms with E-state index in [4.69, 9.17) is 5.73 Å². The van der Waals surface area contributed by atoms with E-state index in [0.717, 1.165) is 12.8 Å². The number of rotatable bonds is 5. The first-order valence-corrected chi connectivity index (χ1v) is 6.39. The summed E-state index contributed by atoms with van der Waals surface area (Å²) in [6, 6.07) is 0. The fourth-order valence-electron chi connectivity index (χ4n) is 2.36. The molecule has 0 aliphatic heterocycles. The molecule has 0 aromatic rings. The first kappa shape index (κ1) is 14.5. The van der Waals surface area contributed by atoms with Gasteiger partial charge in [-0.15, -0.1) is 0 Å². The van der Waals surface area contributed by atoms with E-state index in [9.17, 15) is 4.79 Å². The van der Waals surface area contributed by atoms with Crippen molar-refractivity contribution in [3.8, 4) is 0 Å². The Labute approximate surface area is 105 Å². The second-order valence-electron chi connectivity index (χ2n) is 6.39. The lowest BCUT2D eigenvalue weighted by molar-refractivity contribution is -0.138. The van der Waals surface area contributed by atoms with Crippen LogP contribution >= 0.6 is 0 Å². The molecular weight excluding hydrogens is 214 g/mol. The van der Waals surface area contributed by atoms with Crippen molar-refractivity contribution < 1.29 is 4.79 Å². The van der Waals surface area contributed by atoms with Gasteiger partial charge in [-0.3, -0.25) is 4.79 Å². The lowest BCUT2D eigenvalue weighted by Crippen LogP contribution is -2.57. The zero-order valence-corrected chi connectivity index (χ0v) is 11.8. The molecule has 100 valence electrons. The first-order valence-electron chi connectivity index (χ1n) is 6.39. The molecule has 0 aromatic carbocycles. The topological polar surface area (TPSA) is 58.4 Å². The molecule has 0 saturated heterocycles. The monoisotopic (exact) mass is 241 g/mol. The smallest absolute Gasteiger partial charge is 0.227 e. The van der Waals surface area contributed by atoms with E-state index in [0.29, 0.717) is 19.0 Å². The molecule has 17 heavy (non-hydrogen) atoms. The number of nitrogens with zero attached hydrogens (tertiary/aromatic N) is 1. The van der Waals surface area contributed by atoms with Crippen molar-refractivity contribution in [3.63, 3.8) is 0 Å². The third-order valence-electron chi connectivity index (χ3n) is 4.24. The van der Waals surface area contributed by atoms with Crippen LogP contribution < -0.4 is 11.1 Å². The van der Waals surface area contributed by atoms with E-state index >= 15 is 0 Å². The minimum Gasteiger partial charge on any atom is -0.354 e. The van der Waals surface area contributed by atoms with Gasteiger partial charge in [-0.05, 0) is 46.7 Å². The van der Waals surface area contributed by atoms with Crippen molar-refractivity contribution in [3.05, 3.63) is 0 Å². The van der Waals surface area contributed by atoms with Crippen molar-refractivity contribution in [2.24, 2.45) is 17.1 Å². The number of carbonyl (C=O) groups is 1. The second kappa shape index (κ2) is 4.94. The predicted octanol–water partition coefficient (Wildman–Crippen LogP) is 0.818. The Bertz CT molecular complexity index is 280. The Balaban J connectivity index is 2.50. The largest absolute Gasteiger partial charge is 0.354 e. The Morgan fingerprint density at radius 3 is 2.35 bits per heavy atom. The van der Waals surface area contributed by atoms with Gasteiger partial charge in [-0.1, -0.05) is 6.92 Å². The highest BCUT2D eigenvalue weighted by atomic mass is 16.2. The number of amides is 1. The number of likely N-dealkylation sites (N-methyl/N-ethyl adjacent to an activating group) is 1. The van der Waals surface area contributed by atoms with Gasteiger partial charge in [-0.25, -0.2) is 0 Å². The zero-order chi connectivity index (χ0) is 13.3. The number of nitrogens with one attached hydrogen (secondary N) is 1. The molecule has 1 aliphatic carbocycles. The molecule has 0 atom stereocenters. The molecule has 4 nitrogen and oxygen atoms in total. The summed E-state index contributed by atoms with van der Waals surface area (Å²) in [5, 5.41) is 3.06. The van der Waals surface area contributed by atoms with Gasteiger partial charge >= 0.3 is 0 Å². The molecule has 1 amide bonds. The molecule has 1 rings (SSSR count). The summed E-state index contributed by atoms with van der Waals surface area (Å²) in [5.41, 5.74) is 5.44. The van der Waals surface area contributed by atoms with Crippen LogP contribution in [0.5, 0.6) is 0 Å². The summed E-state index contributed by atoms with van der Waals surface area (Å²) in [5.74, 6) is 0.763. The minimum absolute atomic E-state index is 0.0270. The van der Waals surface area contributed by atoms with Gasteiger partial charge in [0.05, 0.1) is 5.41 Å². The van der Waals surface area contributed by atoms with E-state index in [2.05, 4.69) is 31.0 Å². The molecule has 0 bridgehead atoms. The fourth-order valence-corrected chi connectivity index (χ4v) is 2.36. The third-order valence-corrected chi connectivity index (χ3v) is 4.24. The van der Waals surface area contributed by atoms with Gasteiger partial charge in [0.2, 0.25) is 5.91 Å². The predicted molar refractivity (Wildman–Crippen MR) is 70.7 cm³/mol. The summed E-state index contributed by atoms with van der Waals surface area (Å²) in [4.78, 5) is 14.3. The molecule has 1 saturated carbocycles. The standard InChI is InChI=1S/C13H27N3O/c1-10-6-13(7-10,8-14)11(17)15-9-12(2,3)16(4)5/h10H,6-9,14H2,1-5H3,(H,15,17). The summed E-state index contributed by atoms with van der Waals surface area (Å²) < 4.78 is 0. The van der Waals surface area contributed by atoms with Crippen LogP contribution in [0.3, 0.4) is 0 Å². The maximum atomic E-state index is 12.2. The quantitative estimate of drug-likeness (QED) is 0.749. The minimum atomic E-state index is -0.290. The van der Waals surface area contributed by atoms with Gasteiger partial charge in [0.15, 0.2) is 0 Å². The normalized spacial score (nSPS) is 29.0. The van der Waals surface area contributed by atoms with Crippen LogP contribution in [-0.4, -0.2) is 43.5 Å². The molecule has 0 unspecified atom stereocenters. The van der Waals surface area contributed by atoms with E-state index in [1.165, 1.54) is 0 Å². The van der Waals surface area contributed by atoms with Gasteiger partial charge < -0.3 is 16.0 Å². The van der Waals surface area contributed by atoms with Gasteiger partial charge in [0.1, 0.15) is 0 Å². The average molecular weight is 241 g/mol. The molecule has 0 heterocycles. The summed E-state index contributed by atoms with van der Waals surface area (Å²) in [6.07, 6.45) is 1.86. The molecule has 4 heteroatoms. The summed E-state index contributed by atoms with van der Waals surface area (Å²) >= 11 is 0. The van der Waals surface area contributed by atoms with Crippen molar-refractivity contribution in [1.29, 1.82) is 0 Å². The number of carbonyl (C=O) groups excluding carboxylic acids is 1. The van der Waals surface area contributed by atoms with Crippen LogP contribution in [0.4, 0.5) is 0 Å². The van der Waals surface area contributed by atoms with Crippen molar-refractivity contribution in [2.75, 3.05) is 27.2 Å². The summed E-state index contributed by atoms with van der Waals surface area (Å²) in [6.45, 7) is 7.53. The highest BCUT2D eigenvalue weighted by molar-refractivity contribution is 5.84. The van der Waals surface area contributed by atoms with Crippen LogP contribution in [-0.2, 0) is 4.79 Å². The van der Waals surface area contributed by atoms with E-state index in [1.54, 1.807) is 0 Å². The van der Waals surface area contributed by atoms with Crippen LogP contribution in [0.1, 0.15) is 33.6 Å². The maximum Gasteiger partial charge on any atom is 0.227 e. The lowest BCUT2D eigenvalue weighted by Gasteiger charge is -2.45. The van der Waals surface area contributed by atoms with Gasteiger partial charge in [-0.2, -0.15) is 0 Å². The fraction of sp³-hybridized carbons (Fsp3) is 0.923. The Hall–Kier alpha value is -0.610. The number of nitrogens with two attached hydrogens (primary N) is 1. The van der Waals surface area contributed by atoms with Crippen LogP contribution in [0.2, 0.25) is 0 Å². The maximum absolute atomic E-state index is 12.2.